The maximum absolute atomic E-state index is 11.1. The van der Waals surface area contributed by atoms with E-state index in [4.69, 9.17) is 11.6 Å². The number of rotatable bonds is 3. The second-order valence-corrected chi connectivity index (χ2v) is 3.75. The molecule has 0 fully saturated rings. The zero-order valence-corrected chi connectivity index (χ0v) is 9.56. The Kier molecular flexibility index (Phi) is 3.86. The van der Waals surface area contributed by atoms with E-state index in [0.29, 0.717) is 6.54 Å². The van der Waals surface area contributed by atoms with Crippen LogP contribution in [0.4, 0.5) is 0 Å². The lowest BCUT2D eigenvalue weighted by Gasteiger charge is -2.05. The van der Waals surface area contributed by atoms with E-state index in [0.717, 1.165) is 17.0 Å². The highest BCUT2D eigenvalue weighted by Gasteiger charge is 2.04. The molecule has 0 unspecified atom stereocenters. The van der Waals surface area contributed by atoms with Crippen molar-refractivity contribution in [3.63, 3.8) is 0 Å². The first-order valence-corrected chi connectivity index (χ1v) is 4.94. The number of amides is 1. The Morgan fingerprint density at radius 3 is 2.73 bits per heavy atom. The third-order valence-corrected chi connectivity index (χ3v) is 2.26. The van der Waals surface area contributed by atoms with Gasteiger partial charge in [0.05, 0.1) is 17.3 Å². The molecule has 0 radical (unpaired) electrons. The van der Waals surface area contributed by atoms with Crippen molar-refractivity contribution < 1.29 is 4.79 Å². The van der Waals surface area contributed by atoms with Crippen molar-refractivity contribution in [1.29, 1.82) is 0 Å². The molecule has 0 aliphatic carbocycles. The number of aromatic nitrogens is 1. The molecule has 0 atom stereocenters. The van der Waals surface area contributed by atoms with Gasteiger partial charge in [-0.1, -0.05) is 24.2 Å². The van der Waals surface area contributed by atoms with E-state index in [1.165, 1.54) is 0 Å². The van der Waals surface area contributed by atoms with Crippen molar-refractivity contribution in [2.75, 3.05) is 0 Å². The number of hydrogen-bond acceptors (Lipinski definition) is 2. The first-order chi connectivity index (χ1) is 7.00. The highest BCUT2D eigenvalue weighted by Crippen LogP contribution is 2.05. The van der Waals surface area contributed by atoms with Gasteiger partial charge in [-0.25, -0.2) is 0 Å². The van der Waals surface area contributed by atoms with Gasteiger partial charge in [0.2, 0.25) is 0 Å². The molecule has 1 rings (SSSR count). The van der Waals surface area contributed by atoms with E-state index in [-0.39, 0.29) is 10.9 Å². The van der Waals surface area contributed by atoms with Gasteiger partial charge in [-0.2, -0.15) is 0 Å². The smallest absolute Gasteiger partial charge is 0.262 e. The molecular formula is C11H13ClN2O. The third kappa shape index (κ3) is 3.36. The third-order valence-electron chi connectivity index (χ3n) is 2.08. The summed E-state index contributed by atoms with van der Waals surface area (Å²) in [5.41, 5.74) is 2.91. The molecule has 0 aromatic carbocycles. The van der Waals surface area contributed by atoms with E-state index in [1.54, 1.807) is 0 Å². The van der Waals surface area contributed by atoms with Crippen LogP contribution in [0.3, 0.4) is 0 Å². The summed E-state index contributed by atoms with van der Waals surface area (Å²) < 4.78 is 0. The second-order valence-electron chi connectivity index (χ2n) is 3.29. The zero-order chi connectivity index (χ0) is 11.4. The Morgan fingerprint density at radius 2 is 2.20 bits per heavy atom. The van der Waals surface area contributed by atoms with E-state index in [1.807, 2.05) is 26.0 Å². The van der Waals surface area contributed by atoms with Crippen LogP contribution in [0.5, 0.6) is 0 Å². The van der Waals surface area contributed by atoms with Crippen LogP contribution >= 0.6 is 11.6 Å². The summed E-state index contributed by atoms with van der Waals surface area (Å²) in [5.74, 6) is -0.364. The van der Waals surface area contributed by atoms with Crippen molar-refractivity contribution in [3.05, 3.63) is 40.7 Å². The molecule has 1 N–H and O–H groups in total. The molecule has 0 aliphatic heterocycles. The lowest BCUT2D eigenvalue weighted by Crippen LogP contribution is -2.23. The van der Waals surface area contributed by atoms with Crippen molar-refractivity contribution in [3.8, 4) is 0 Å². The number of hydrogen-bond donors (Lipinski definition) is 1. The number of nitrogens with zero attached hydrogens (tertiary/aromatic N) is 1. The quantitative estimate of drug-likeness (QED) is 0.799. The molecule has 0 bridgehead atoms. The first-order valence-electron chi connectivity index (χ1n) is 4.56. The maximum Gasteiger partial charge on any atom is 0.262 e. The SMILES string of the molecule is C=C(Cl)C(=O)NCc1ccc(C)c(C)n1. The van der Waals surface area contributed by atoms with Gasteiger partial charge >= 0.3 is 0 Å². The van der Waals surface area contributed by atoms with Gasteiger partial charge in [0, 0.05) is 5.69 Å². The normalized spacial score (nSPS) is 9.80. The fourth-order valence-electron chi connectivity index (χ4n) is 1.05. The number of carbonyl (C=O) groups is 1. The highest BCUT2D eigenvalue weighted by molar-refractivity contribution is 6.41. The lowest BCUT2D eigenvalue weighted by atomic mass is 10.2. The molecule has 0 saturated heterocycles. The summed E-state index contributed by atoms with van der Waals surface area (Å²) in [7, 11) is 0. The van der Waals surface area contributed by atoms with Gasteiger partial charge in [0.15, 0.2) is 0 Å². The van der Waals surface area contributed by atoms with Gasteiger partial charge in [-0.05, 0) is 25.5 Å². The summed E-state index contributed by atoms with van der Waals surface area (Å²) in [6.07, 6.45) is 0. The number of nitrogens with one attached hydrogen (secondary N) is 1. The van der Waals surface area contributed by atoms with Crippen molar-refractivity contribution in [2.24, 2.45) is 0 Å². The van der Waals surface area contributed by atoms with E-state index in [9.17, 15) is 4.79 Å². The minimum absolute atomic E-state index is 0.0150. The molecule has 1 aromatic rings. The first kappa shape index (κ1) is 11.7. The molecule has 4 heteroatoms. The average molecular weight is 225 g/mol. The Morgan fingerprint density at radius 1 is 1.53 bits per heavy atom. The molecule has 1 aromatic heterocycles. The summed E-state index contributed by atoms with van der Waals surface area (Å²) in [4.78, 5) is 15.4. The Labute approximate surface area is 94.2 Å². The van der Waals surface area contributed by atoms with Crippen LogP contribution in [-0.4, -0.2) is 10.9 Å². The van der Waals surface area contributed by atoms with Crippen LogP contribution in [-0.2, 0) is 11.3 Å². The molecule has 80 valence electrons. The van der Waals surface area contributed by atoms with Gasteiger partial charge in [0.1, 0.15) is 0 Å². The molecule has 3 nitrogen and oxygen atoms in total. The monoisotopic (exact) mass is 224 g/mol. The Hall–Kier alpha value is -1.35. The highest BCUT2D eigenvalue weighted by atomic mass is 35.5. The number of halogens is 1. The van der Waals surface area contributed by atoms with Crippen LogP contribution in [0.15, 0.2) is 23.7 Å². The minimum atomic E-state index is -0.364. The number of carbonyl (C=O) groups excluding carboxylic acids is 1. The summed E-state index contributed by atoms with van der Waals surface area (Å²) in [6.45, 7) is 7.62. The molecule has 1 amide bonds. The lowest BCUT2D eigenvalue weighted by molar-refractivity contribution is -0.117. The number of pyridine rings is 1. The van der Waals surface area contributed by atoms with Crippen LogP contribution < -0.4 is 5.32 Å². The van der Waals surface area contributed by atoms with Crippen LogP contribution in [0, 0.1) is 13.8 Å². The van der Waals surface area contributed by atoms with E-state index >= 15 is 0 Å². The summed E-state index contributed by atoms with van der Waals surface area (Å²) in [5, 5.41) is 2.60. The summed E-state index contributed by atoms with van der Waals surface area (Å²) in [6, 6.07) is 3.85. The van der Waals surface area contributed by atoms with Gasteiger partial charge < -0.3 is 5.32 Å². The van der Waals surface area contributed by atoms with Crippen LogP contribution in [0.1, 0.15) is 17.0 Å². The standard InChI is InChI=1S/C11H13ClN2O/c1-7-4-5-10(14-9(7)3)6-13-11(15)8(2)12/h4-5H,2,6H2,1,3H3,(H,13,15). The largest absolute Gasteiger partial charge is 0.346 e. The fraction of sp³-hybridized carbons (Fsp3) is 0.273. The minimum Gasteiger partial charge on any atom is -0.346 e. The predicted octanol–water partition coefficient (Wildman–Crippen LogP) is 2.07. The van der Waals surface area contributed by atoms with Crippen molar-refractivity contribution >= 4 is 17.5 Å². The zero-order valence-electron chi connectivity index (χ0n) is 8.80. The molecule has 0 saturated carbocycles. The van der Waals surface area contributed by atoms with Crippen LogP contribution in [0.2, 0.25) is 0 Å². The van der Waals surface area contributed by atoms with Crippen molar-refractivity contribution in [1.82, 2.24) is 10.3 Å². The molecule has 0 aliphatic rings. The second kappa shape index (κ2) is 4.94. The van der Waals surface area contributed by atoms with Gasteiger partial charge in [0.25, 0.3) is 5.91 Å². The van der Waals surface area contributed by atoms with E-state index < -0.39 is 0 Å². The van der Waals surface area contributed by atoms with Gasteiger partial charge in [-0.3, -0.25) is 9.78 Å². The number of aryl methyl sites for hydroxylation is 2. The van der Waals surface area contributed by atoms with Crippen LogP contribution in [0.25, 0.3) is 0 Å². The van der Waals surface area contributed by atoms with E-state index in [2.05, 4.69) is 16.9 Å². The molecule has 0 spiro atoms. The topological polar surface area (TPSA) is 42.0 Å². The Bertz CT molecular complexity index is 402. The van der Waals surface area contributed by atoms with Crippen molar-refractivity contribution in [2.45, 2.75) is 20.4 Å². The average Bonchev–Trinajstić information content (AvgIpc) is 2.19. The Balaban J connectivity index is 2.62. The molecule has 15 heavy (non-hydrogen) atoms. The summed E-state index contributed by atoms with van der Waals surface area (Å²) >= 11 is 5.42. The van der Waals surface area contributed by atoms with Gasteiger partial charge in [-0.15, -0.1) is 0 Å². The fourth-order valence-corrected chi connectivity index (χ4v) is 1.11. The molecular weight excluding hydrogens is 212 g/mol. The maximum atomic E-state index is 11.1. The predicted molar refractivity (Wildman–Crippen MR) is 60.6 cm³/mol. The molecule has 1 heterocycles.